The summed E-state index contributed by atoms with van der Waals surface area (Å²) in [7, 11) is 0. The van der Waals surface area contributed by atoms with Crippen LogP contribution in [0.15, 0.2) is 115 Å². The molecule has 1 amide bonds. The molecule has 2 aromatic heterocycles. The molecule has 0 saturated heterocycles. The standard InChI is InChI=1S/C48H44F5N5O7/c1-2-62-46(61)35-18-20-38(21-19-35)58-42(48(51,52)53)39(25-54-58)45(60)57(26-34-22-36(49)24-37(50)23-34)27-40(59)41-43(63-28-31-12-6-3-7-13-31)55-47(65-30-33-16-10-5-11-17-33)56-44(41)64-29-32-14-8-4-9-15-32/h3-17,22-25,35,38H,2,18-21,26-30H2,1H3. The van der Waals surface area contributed by atoms with Crippen molar-refractivity contribution < 1.29 is 55.3 Å². The number of hydrogen-bond acceptors (Lipinski definition) is 10. The van der Waals surface area contributed by atoms with Crippen LogP contribution in [0.25, 0.3) is 0 Å². The van der Waals surface area contributed by atoms with Gasteiger partial charge in [-0.15, -0.1) is 0 Å². The number of carbonyl (C=O) groups excluding carboxylic acids is 3. The fourth-order valence-corrected chi connectivity index (χ4v) is 7.53. The summed E-state index contributed by atoms with van der Waals surface area (Å²) in [6.07, 6.45) is -3.63. The second-order valence-corrected chi connectivity index (χ2v) is 15.3. The summed E-state index contributed by atoms with van der Waals surface area (Å²) < 4.78 is 98.6. The Kier molecular flexibility index (Phi) is 14.8. The van der Waals surface area contributed by atoms with Crippen molar-refractivity contribution >= 4 is 17.7 Å². The predicted octanol–water partition coefficient (Wildman–Crippen LogP) is 9.53. The molecule has 1 aliphatic carbocycles. The molecule has 6 aromatic rings. The topological polar surface area (TPSA) is 135 Å². The van der Waals surface area contributed by atoms with E-state index in [0.29, 0.717) is 17.2 Å². The minimum absolute atomic E-state index is 0.0128. The highest BCUT2D eigenvalue weighted by Gasteiger charge is 2.44. The molecule has 0 spiro atoms. The molecule has 0 unspecified atom stereocenters. The van der Waals surface area contributed by atoms with Crippen LogP contribution in [-0.4, -0.2) is 55.5 Å². The summed E-state index contributed by atoms with van der Waals surface area (Å²) in [6.45, 7) is -0.0850. The number of ether oxygens (including phenoxy) is 4. The van der Waals surface area contributed by atoms with Crippen LogP contribution in [0.1, 0.15) is 87.3 Å². The first-order chi connectivity index (χ1) is 31.4. The molecule has 0 N–H and O–H groups in total. The Morgan fingerprint density at radius 2 is 1.22 bits per heavy atom. The second-order valence-electron chi connectivity index (χ2n) is 15.3. The van der Waals surface area contributed by atoms with Crippen LogP contribution in [0.4, 0.5) is 22.0 Å². The molecule has 1 fully saturated rings. The fourth-order valence-electron chi connectivity index (χ4n) is 7.53. The van der Waals surface area contributed by atoms with Gasteiger partial charge >= 0.3 is 18.2 Å². The van der Waals surface area contributed by atoms with E-state index in [1.54, 1.807) is 67.6 Å². The second kappa shape index (κ2) is 21.0. The van der Waals surface area contributed by atoms with E-state index < -0.39 is 71.8 Å². The number of benzene rings is 4. The summed E-state index contributed by atoms with van der Waals surface area (Å²) >= 11 is 0. The monoisotopic (exact) mass is 897 g/mol. The van der Waals surface area contributed by atoms with Gasteiger partial charge in [0, 0.05) is 12.6 Å². The highest BCUT2D eigenvalue weighted by atomic mass is 19.4. The molecular weight excluding hydrogens is 854 g/mol. The Balaban J connectivity index is 1.28. The molecular formula is C48H44F5N5O7. The molecule has 7 rings (SSSR count). The maximum Gasteiger partial charge on any atom is 0.433 e. The first-order valence-electron chi connectivity index (χ1n) is 20.9. The smallest absolute Gasteiger partial charge is 0.433 e. The zero-order chi connectivity index (χ0) is 45.9. The van der Waals surface area contributed by atoms with Gasteiger partial charge in [-0.05, 0) is 67.0 Å². The lowest BCUT2D eigenvalue weighted by atomic mass is 9.86. The Morgan fingerprint density at radius 1 is 0.708 bits per heavy atom. The molecule has 1 aliphatic rings. The third-order valence-electron chi connectivity index (χ3n) is 10.6. The van der Waals surface area contributed by atoms with Crippen molar-refractivity contribution in [1.29, 1.82) is 0 Å². The highest BCUT2D eigenvalue weighted by Crippen LogP contribution is 2.40. The van der Waals surface area contributed by atoms with E-state index in [9.17, 15) is 23.2 Å². The number of rotatable bonds is 18. The molecule has 0 aliphatic heterocycles. The molecule has 1 saturated carbocycles. The summed E-state index contributed by atoms with van der Waals surface area (Å²) in [5.74, 6) is -5.89. The minimum atomic E-state index is -5.12. The molecule has 65 heavy (non-hydrogen) atoms. The summed E-state index contributed by atoms with van der Waals surface area (Å²) in [6, 6.07) is 28.2. The number of nitrogens with zero attached hydrogens (tertiary/aromatic N) is 5. The minimum Gasteiger partial charge on any atom is -0.472 e. The molecule has 338 valence electrons. The molecule has 12 nitrogen and oxygen atoms in total. The van der Waals surface area contributed by atoms with Crippen molar-refractivity contribution in [2.24, 2.45) is 5.92 Å². The van der Waals surface area contributed by atoms with E-state index >= 15 is 13.2 Å². The maximum atomic E-state index is 15.1. The molecule has 17 heteroatoms. The number of alkyl halides is 3. The number of carbonyl (C=O) groups is 3. The molecule has 0 atom stereocenters. The van der Waals surface area contributed by atoms with Crippen molar-refractivity contribution in [2.45, 2.75) is 71.2 Å². The van der Waals surface area contributed by atoms with Gasteiger partial charge in [-0.25, -0.2) is 8.78 Å². The molecule has 0 bridgehead atoms. The Bertz CT molecular complexity index is 2490. The van der Waals surface area contributed by atoms with Crippen molar-refractivity contribution in [2.75, 3.05) is 13.2 Å². The molecule has 4 aromatic carbocycles. The first kappa shape index (κ1) is 45.8. The van der Waals surface area contributed by atoms with E-state index in [0.717, 1.165) is 33.5 Å². The van der Waals surface area contributed by atoms with Gasteiger partial charge in [0.05, 0.1) is 36.9 Å². The lowest BCUT2D eigenvalue weighted by Gasteiger charge is -2.29. The van der Waals surface area contributed by atoms with Crippen LogP contribution in [-0.2, 0) is 42.1 Å². The van der Waals surface area contributed by atoms with E-state index in [4.69, 9.17) is 18.9 Å². The van der Waals surface area contributed by atoms with Crippen molar-refractivity contribution in [1.82, 2.24) is 24.6 Å². The highest BCUT2D eigenvalue weighted by molar-refractivity contribution is 6.05. The third-order valence-corrected chi connectivity index (χ3v) is 10.6. The van der Waals surface area contributed by atoms with Gasteiger partial charge in [-0.1, -0.05) is 91.0 Å². The third kappa shape index (κ3) is 11.9. The van der Waals surface area contributed by atoms with Gasteiger partial charge in [0.2, 0.25) is 11.8 Å². The number of esters is 1. The summed E-state index contributed by atoms with van der Waals surface area (Å²) in [5, 5.41) is 4.03. The quantitative estimate of drug-likeness (QED) is 0.0467. The predicted molar refractivity (Wildman–Crippen MR) is 225 cm³/mol. The van der Waals surface area contributed by atoms with Crippen LogP contribution in [0.5, 0.6) is 17.8 Å². The van der Waals surface area contributed by atoms with Crippen LogP contribution < -0.4 is 14.2 Å². The largest absolute Gasteiger partial charge is 0.472 e. The summed E-state index contributed by atoms with van der Waals surface area (Å²) in [4.78, 5) is 51.4. The van der Waals surface area contributed by atoms with Gasteiger partial charge in [-0.2, -0.15) is 28.2 Å². The van der Waals surface area contributed by atoms with Crippen molar-refractivity contribution in [3.8, 4) is 17.8 Å². The average Bonchev–Trinajstić information content (AvgIpc) is 3.76. The van der Waals surface area contributed by atoms with Gasteiger partial charge in [-0.3, -0.25) is 19.1 Å². The summed E-state index contributed by atoms with van der Waals surface area (Å²) in [5.41, 5.74) is -0.702. The van der Waals surface area contributed by atoms with E-state index in [1.807, 2.05) is 30.3 Å². The number of amides is 1. The van der Waals surface area contributed by atoms with E-state index in [1.165, 1.54) is 0 Å². The van der Waals surface area contributed by atoms with Gasteiger partial charge < -0.3 is 23.8 Å². The Labute approximate surface area is 370 Å². The zero-order valence-corrected chi connectivity index (χ0v) is 35.2. The number of Topliss-reactive ketones (excluding diaryl/α,β-unsaturated/α-hetero) is 1. The van der Waals surface area contributed by atoms with Crippen molar-refractivity contribution in [3.63, 3.8) is 0 Å². The SMILES string of the molecule is CCOC(=O)C1CCC(n2ncc(C(=O)N(CC(=O)c3c(OCc4ccccc4)nc(OCc4ccccc4)nc3OCc3ccccc3)Cc3cc(F)cc(F)c3)c2C(F)(F)F)CC1. The fraction of sp³-hybridized carbons (Fsp3) is 0.292. The van der Waals surface area contributed by atoms with Gasteiger partial charge in [0.15, 0.2) is 11.5 Å². The van der Waals surface area contributed by atoms with Crippen LogP contribution in [0, 0.1) is 17.6 Å². The van der Waals surface area contributed by atoms with Gasteiger partial charge in [0.25, 0.3) is 5.91 Å². The van der Waals surface area contributed by atoms with Crippen LogP contribution in [0.3, 0.4) is 0 Å². The van der Waals surface area contributed by atoms with Crippen molar-refractivity contribution in [3.05, 3.63) is 166 Å². The van der Waals surface area contributed by atoms with Crippen LogP contribution >= 0.6 is 0 Å². The number of ketones is 1. The first-order valence-corrected chi connectivity index (χ1v) is 20.9. The zero-order valence-electron chi connectivity index (χ0n) is 35.2. The molecule has 2 heterocycles. The lowest BCUT2D eigenvalue weighted by Crippen LogP contribution is -2.37. The number of halogens is 5. The number of aromatic nitrogens is 4. The normalized spacial score (nSPS) is 14.9. The Hall–Kier alpha value is -7.17. The van der Waals surface area contributed by atoms with Crippen LogP contribution in [0.2, 0.25) is 0 Å². The van der Waals surface area contributed by atoms with Gasteiger partial charge in [0.1, 0.15) is 37.0 Å². The molecule has 0 radical (unpaired) electrons. The number of hydrogen-bond donors (Lipinski definition) is 0. The Morgan fingerprint density at radius 3 is 1.71 bits per heavy atom. The average molecular weight is 898 g/mol. The van der Waals surface area contributed by atoms with E-state index in [-0.39, 0.29) is 81.0 Å². The van der Waals surface area contributed by atoms with E-state index in [2.05, 4.69) is 15.1 Å². The maximum absolute atomic E-state index is 15.1. The lowest BCUT2D eigenvalue weighted by molar-refractivity contribution is -0.151.